The second-order valence-electron chi connectivity index (χ2n) is 9.90. The van der Waals surface area contributed by atoms with Crippen LogP contribution in [0.3, 0.4) is 0 Å². The molecular weight excluding hydrogens is 555 g/mol. The molecule has 1 atom stereocenters. The highest BCUT2D eigenvalue weighted by Gasteiger charge is 2.23. The van der Waals surface area contributed by atoms with Crippen LogP contribution < -0.4 is 10.1 Å². The summed E-state index contributed by atoms with van der Waals surface area (Å²) in [5.74, 6) is -2.89. The number of esters is 1. The average molecular weight is 582 g/mol. The molecule has 40 heavy (non-hydrogen) atoms. The maximum Gasteiger partial charge on any atom is 0.318 e. The lowest BCUT2D eigenvalue weighted by Crippen LogP contribution is -2.20. The number of ether oxygens (including phenoxy) is 1. The smallest absolute Gasteiger partial charge is 0.318 e. The molecule has 206 valence electrons. The van der Waals surface area contributed by atoms with E-state index in [4.69, 9.17) is 27.9 Å². The third kappa shape index (κ3) is 7.06. The van der Waals surface area contributed by atoms with Crippen LogP contribution >= 0.6 is 23.2 Å². The topological polar surface area (TPSA) is 55.4 Å². The Morgan fingerprint density at radius 1 is 0.875 bits per heavy atom. The fraction of sp³-hybridized carbons (Fsp3) is 0.188. The van der Waals surface area contributed by atoms with E-state index in [2.05, 4.69) is 19.2 Å². The fourth-order valence-electron chi connectivity index (χ4n) is 4.21. The van der Waals surface area contributed by atoms with E-state index in [-0.39, 0.29) is 27.6 Å². The van der Waals surface area contributed by atoms with Crippen LogP contribution in [0.25, 0.3) is 11.1 Å². The number of carbonyl (C=O) groups is 2. The number of anilines is 1. The molecule has 0 heterocycles. The van der Waals surface area contributed by atoms with Crippen molar-refractivity contribution in [1.29, 1.82) is 0 Å². The van der Waals surface area contributed by atoms with Gasteiger partial charge in [-0.25, -0.2) is 8.78 Å². The van der Waals surface area contributed by atoms with Crippen LogP contribution in [0.5, 0.6) is 5.75 Å². The normalized spacial score (nSPS) is 11.8. The molecule has 0 bridgehead atoms. The van der Waals surface area contributed by atoms with Gasteiger partial charge in [-0.2, -0.15) is 0 Å². The van der Waals surface area contributed by atoms with E-state index in [1.54, 1.807) is 13.0 Å². The Labute approximate surface area is 241 Å². The van der Waals surface area contributed by atoms with E-state index in [0.717, 1.165) is 24.1 Å². The molecule has 1 N–H and O–H groups in total. The van der Waals surface area contributed by atoms with Gasteiger partial charge in [0.15, 0.2) is 0 Å². The maximum absolute atomic E-state index is 14.6. The van der Waals surface area contributed by atoms with Crippen molar-refractivity contribution in [2.75, 3.05) is 5.32 Å². The van der Waals surface area contributed by atoms with Gasteiger partial charge in [0.1, 0.15) is 17.4 Å². The summed E-state index contributed by atoms with van der Waals surface area (Å²) >= 11 is 12.2. The molecule has 0 aliphatic heterocycles. The van der Waals surface area contributed by atoms with E-state index in [1.165, 1.54) is 42.0 Å². The van der Waals surface area contributed by atoms with Crippen molar-refractivity contribution in [1.82, 2.24) is 0 Å². The largest absolute Gasteiger partial charge is 0.425 e. The molecule has 0 radical (unpaired) electrons. The predicted molar refractivity (Wildman–Crippen MR) is 155 cm³/mol. The minimum atomic E-state index is -0.800. The van der Waals surface area contributed by atoms with Crippen LogP contribution in [0.1, 0.15) is 48.2 Å². The lowest BCUT2D eigenvalue weighted by atomic mass is 9.97. The Morgan fingerprint density at radius 2 is 1.60 bits per heavy atom. The lowest BCUT2D eigenvalue weighted by Gasteiger charge is -2.16. The van der Waals surface area contributed by atoms with Gasteiger partial charge in [0, 0.05) is 16.7 Å². The van der Waals surface area contributed by atoms with E-state index in [9.17, 15) is 18.4 Å². The fourth-order valence-corrected chi connectivity index (χ4v) is 4.67. The van der Waals surface area contributed by atoms with Crippen molar-refractivity contribution in [3.63, 3.8) is 0 Å². The number of hydrogen-bond acceptors (Lipinski definition) is 3. The molecule has 1 unspecified atom stereocenters. The summed E-state index contributed by atoms with van der Waals surface area (Å²) in [5, 5.41) is 3.27. The van der Waals surface area contributed by atoms with Crippen LogP contribution in [-0.4, -0.2) is 11.9 Å². The molecular formula is C32H27Cl2F2NO3. The van der Waals surface area contributed by atoms with Crippen molar-refractivity contribution in [2.45, 2.75) is 33.1 Å². The zero-order valence-electron chi connectivity index (χ0n) is 22.1. The molecule has 4 nitrogen and oxygen atoms in total. The van der Waals surface area contributed by atoms with Crippen molar-refractivity contribution in [2.24, 2.45) is 5.92 Å². The zero-order valence-corrected chi connectivity index (χ0v) is 23.6. The molecule has 0 saturated heterocycles. The number of amides is 1. The minimum Gasteiger partial charge on any atom is -0.425 e. The molecule has 0 aliphatic carbocycles. The van der Waals surface area contributed by atoms with Crippen molar-refractivity contribution in [3.8, 4) is 16.9 Å². The van der Waals surface area contributed by atoms with Crippen LogP contribution in [0.4, 0.5) is 14.5 Å². The van der Waals surface area contributed by atoms with E-state index < -0.39 is 29.4 Å². The van der Waals surface area contributed by atoms with Crippen LogP contribution in [0.15, 0.2) is 78.9 Å². The molecule has 4 aromatic rings. The second kappa shape index (κ2) is 12.6. The number of hydrogen-bond donors (Lipinski definition) is 1. The molecule has 0 aliphatic rings. The third-order valence-electron chi connectivity index (χ3n) is 6.33. The first-order chi connectivity index (χ1) is 19.0. The van der Waals surface area contributed by atoms with Gasteiger partial charge in [0.05, 0.1) is 22.2 Å². The van der Waals surface area contributed by atoms with Gasteiger partial charge in [-0.05, 0) is 78.4 Å². The highest BCUT2D eigenvalue weighted by atomic mass is 35.5. The monoisotopic (exact) mass is 581 g/mol. The van der Waals surface area contributed by atoms with Crippen LogP contribution in [0.2, 0.25) is 10.0 Å². The molecule has 0 aromatic heterocycles. The molecule has 1 amide bonds. The number of carbonyl (C=O) groups excluding carboxylic acids is 2. The van der Waals surface area contributed by atoms with Crippen molar-refractivity contribution >= 4 is 40.8 Å². The summed E-state index contributed by atoms with van der Waals surface area (Å²) in [6, 6.07) is 19.7. The van der Waals surface area contributed by atoms with Gasteiger partial charge in [-0.15, -0.1) is 0 Å². The van der Waals surface area contributed by atoms with Gasteiger partial charge < -0.3 is 10.1 Å². The molecule has 4 rings (SSSR count). The van der Waals surface area contributed by atoms with Gasteiger partial charge >= 0.3 is 5.97 Å². The number of rotatable bonds is 8. The Morgan fingerprint density at radius 3 is 2.25 bits per heavy atom. The number of benzene rings is 4. The summed E-state index contributed by atoms with van der Waals surface area (Å²) in [5.41, 5.74) is 2.54. The SMILES string of the molecule is CC(C)Cc1ccc(C(C)C(=O)Oc2ccc(-c3ccc(F)cc3F)cc2C(=O)Nc2ccc(Cl)cc2Cl)cc1. The first-order valence-corrected chi connectivity index (χ1v) is 13.4. The van der Waals surface area contributed by atoms with Gasteiger partial charge in [-0.3, -0.25) is 9.59 Å². The number of nitrogens with one attached hydrogen (secondary N) is 1. The quantitative estimate of drug-likeness (QED) is 0.167. The predicted octanol–water partition coefficient (Wildman–Crippen LogP) is 9.10. The highest BCUT2D eigenvalue weighted by Crippen LogP contribution is 2.32. The van der Waals surface area contributed by atoms with E-state index in [1.807, 2.05) is 24.3 Å². The van der Waals surface area contributed by atoms with E-state index in [0.29, 0.717) is 16.5 Å². The first kappa shape index (κ1) is 29.2. The molecule has 0 saturated carbocycles. The highest BCUT2D eigenvalue weighted by molar-refractivity contribution is 6.36. The molecule has 8 heteroatoms. The Hall–Kier alpha value is -3.74. The standard InChI is InChI=1S/C32H27Cl2F2NO3/c1-18(2)14-20-4-6-21(7-5-20)19(3)32(39)40-30-13-8-22(25-11-10-24(35)17-28(25)36)15-26(30)31(38)37-29-12-9-23(33)16-27(29)34/h4-13,15-19H,14H2,1-3H3,(H,37,38). The summed E-state index contributed by atoms with van der Waals surface area (Å²) in [4.78, 5) is 26.5. The minimum absolute atomic E-state index is 0.0258. The molecule has 0 spiro atoms. The number of halogens is 4. The van der Waals surface area contributed by atoms with Crippen molar-refractivity contribution < 1.29 is 23.1 Å². The summed E-state index contributed by atoms with van der Waals surface area (Å²) in [7, 11) is 0. The summed E-state index contributed by atoms with van der Waals surface area (Å²) in [6.07, 6.45) is 0.927. The summed E-state index contributed by atoms with van der Waals surface area (Å²) < 4.78 is 33.7. The Bertz CT molecular complexity index is 1550. The average Bonchev–Trinajstić information content (AvgIpc) is 2.90. The lowest BCUT2D eigenvalue weighted by molar-refractivity contribution is -0.135. The van der Waals surface area contributed by atoms with Crippen LogP contribution in [0, 0.1) is 17.6 Å². The molecule has 4 aromatic carbocycles. The van der Waals surface area contributed by atoms with Crippen molar-refractivity contribution in [3.05, 3.63) is 117 Å². The second-order valence-corrected chi connectivity index (χ2v) is 10.7. The Balaban J connectivity index is 1.65. The van der Waals surface area contributed by atoms with E-state index >= 15 is 0 Å². The van der Waals surface area contributed by atoms with Gasteiger partial charge in [0.25, 0.3) is 5.91 Å². The molecule has 0 fully saturated rings. The van der Waals surface area contributed by atoms with Crippen LogP contribution in [-0.2, 0) is 11.2 Å². The first-order valence-electron chi connectivity index (χ1n) is 12.7. The van der Waals surface area contributed by atoms with Gasteiger partial charge in [0.2, 0.25) is 0 Å². The van der Waals surface area contributed by atoms with Gasteiger partial charge in [-0.1, -0.05) is 67.4 Å². The zero-order chi connectivity index (χ0) is 29.0. The third-order valence-corrected chi connectivity index (χ3v) is 6.88. The Kier molecular flexibility index (Phi) is 9.23. The summed E-state index contributed by atoms with van der Waals surface area (Å²) in [6.45, 7) is 5.99. The maximum atomic E-state index is 14.6.